The van der Waals surface area contributed by atoms with Gasteiger partial charge in [-0.25, -0.2) is 0 Å². The van der Waals surface area contributed by atoms with Crippen LogP contribution in [0.3, 0.4) is 0 Å². The van der Waals surface area contributed by atoms with E-state index in [9.17, 15) is 4.79 Å². The molecular weight excluding hydrogens is 236 g/mol. The Morgan fingerprint density at radius 1 is 1.16 bits per heavy atom. The maximum atomic E-state index is 12.1. The summed E-state index contributed by atoms with van der Waals surface area (Å²) in [4.78, 5) is 12.1. The van der Waals surface area contributed by atoms with E-state index in [1.54, 1.807) is 24.3 Å². The Morgan fingerprint density at radius 2 is 1.89 bits per heavy atom. The smallest absolute Gasteiger partial charge is 0.231 e. The third-order valence-corrected chi connectivity index (χ3v) is 2.95. The quantitative estimate of drug-likeness (QED) is 0.908. The topological polar surface area (TPSA) is 52.9 Å². The summed E-state index contributed by atoms with van der Waals surface area (Å²) in [6.45, 7) is 1.86. The number of nitrogens with one attached hydrogen (secondary N) is 1. The Hall–Kier alpha value is -2.60. The molecule has 0 fully saturated rings. The molecule has 3 nitrogen and oxygen atoms in total. The zero-order chi connectivity index (χ0) is 13.7. The predicted octanol–water partition coefficient (Wildman–Crippen LogP) is 3.30. The summed E-state index contributed by atoms with van der Waals surface area (Å²) in [5.74, 6) is -0.312. The van der Waals surface area contributed by atoms with Gasteiger partial charge in [0.25, 0.3) is 0 Å². The van der Waals surface area contributed by atoms with Gasteiger partial charge in [0, 0.05) is 5.69 Å². The zero-order valence-electron chi connectivity index (χ0n) is 10.6. The number of anilines is 1. The van der Waals surface area contributed by atoms with Crippen molar-refractivity contribution in [2.45, 2.75) is 12.8 Å². The van der Waals surface area contributed by atoms with Gasteiger partial charge in [0.1, 0.15) is 0 Å². The van der Waals surface area contributed by atoms with Gasteiger partial charge in [0.15, 0.2) is 0 Å². The van der Waals surface area contributed by atoms with Crippen LogP contribution in [0.15, 0.2) is 54.6 Å². The van der Waals surface area contributed by atoms with Crippen LogP contribution in [0.1, 0.15) is 24.0 Å². The summed E-state index contributed by atoms with van der Waals surface area (Å²) in [6.07, 6.45) is 0. The highest BCUT2D eigenvalue weighted by molar-refractivity contribution is 5.95. The van der Waals surface area contributed by atoms with Crippen LogP contribution < -0.4 is 5.32 Å². The first-order valence-electron chi connectivity index (χ1n) is 6.06. The predicted molar refractivity (Wildman–Crippen MR) is 74.6 cm³/mol. The summed E-state index contributed by atoms with van der Waals surface area (Å²) >= 11 is 0. The fourth-order valence-corrected chi connectivity index (χ4v) is 1.81. The van der Waals surface area contributed by atoms with Gasteiger partial charge in [0.05, 0.1) is 17.6 Å². The van der Waals surface area contributed by atoms with Crippen molar-refractivity contribution in [2.24, 2.45) is 0 Å². The van der Waals surface area contributed by atoms with Gasteiger partial charge in [-0.05, 0) is 30.7 Å². The average Bonchev–Trinajstić information content (AvgIpc) is 2.47. The van der Waals surface area contributed by atoms with Gasteiger partial charge in [-0.1, -0.05) is 36.4 Å². The number of amides is 1. The summed E-state index contributed by atoms with van der Waals surface area (Å²) < 4.78 is 0. The minimum atomic E-state index is -0.230. The van der Waals surface area contributed by atoms with Crippen LogP contribution in [0, 0.1) is 11.3 Å². The Labute approximate surface area is 112 Å². The zero-order valence-corrected chi connectivity index (χ0v) is 10.6. The molecule has 0 radical (unpaired) electrons. The van der Waals surface area contributed by atoms with Crippen LogP contribution >= 0.6 is 0 Å². The molecule has 1 unspecified atom stereocenters. The second-order valence-corrected chi connectivity index (χ2v) is 4.31. The Bertz CT molecular complexity index is 614. The molecule has 2 aromatic carbocycles. The monoisotopic (exact) mass is 250 g/mol. The normalized spacial score (nSPS) is 11.4. The number of carbonyl (C=O) groups is 1. The van der Waals surface area contributed by atoms with Crippen LogP contribution in [-0.2, 0) is 4.79 Å². The molecule has 0 aliphatic heterocycles. The van der Waals surface area contributed by atoms with Crippen molar-refractivity contribution in [1.29, 1.82) is 5.26 Å². The van der Waals surface area contributed by atoms with Crippen LogP contribution in [0.2, 0.25) is 0 Å². The van der Waals surface area contributed by atoms with Crippen molar-refractivity contribution in [2.75, 3.05) is 5.32 Å². The summed E-state index contributed by atoms with van der Waals surface area (Å²) in [5, 5.41) is 11.6. The Kier molecular flexibility index (Phi) is 3.94. The van der Waals surface area contributed by atoms with Gasteiger partial charge in [-0.15, -0.1) is 0 Å². The standard InChI is InChI=1S/C16H14N2O/c1-12(14-7-3-2-4-8-14)16(19)18-15-9-5-6-13(10-15)11-17/h2-10,12H,1H3,(H,18,19). The molecule has 19 heavy (non-hydrogen) atoms. The number of carbonyl (C=O) groups excluding carboxylic acids is 1. The number of benzene rings is 2. The van der Waals surface area contributed by atoms with Crippen LogP contribution in [0.25, 0.3) is 0 Å². The second kappa shape index (κ2) is 5.83. The number of nitrogens with zero attached hydrogens (tertiary/aromatic N) is 1. The number of rotatable bonds is 3. The molecule has 0 aliphatic carbocycles. The maximum Gasteiger partial charge on any atom is 0.231 e. The SMILES string of the molecule is CC(C(=O)Nc1cccc(C#N)c1)c1ccccc1. The molecular formula is C16H14N2O. The fraction of sp³-hybridized carbons (Fsp3) is 0.125. The van der Waals surface area contributed by atoms with E-state index in [0.717, 1.165) is 5.56 Å². The Morgan fingerprint density at radius 3 is 2.58 bits per heavy atom. The van der Waals surface area contributed by atoms with Crippen molar-refractivity contribution < 1.29 is 4.79 Å². The molecule has 0 aromatic heterocycles. The molecule has 0 heterocycles. The van der Waals surface area contributed by atoms with Crippen molar-refractivity contribution in [3.8, 4) is 6.07 Å². The first-order valence-corrected chi connectivity index (χ1v) is 6.06. The van der Waals surface area contributed by atoms with E-state index in [4.69, 9.17) is 5.26 Å². The molecule has 0 spiro atoms. The van der Waals surface area contributed by atoms with Gasteiger partial charge >= 0.3 is 0 Å². The van der Waals surface area contributed by atoms with Crippen molar-refractivity contribution in [1.82, 2.24) is 0 Å². The molecule has 94 valence electrons. The molecule has 2 aromatic rings. The van der Waals surface area contributed by atoms with E-state index in [1.807, 2.05) is 37.3 Å². The van der Waals surface area contributed by atoms with E-state index in [-0.39, 0.29) is 11.8 Å². The highest BCUT2D eigenvalue weighted by atomic mass is 16.1. The van der Waals surface area contributed by atoms with Crippen LogP contribution in [-0.4, -0.2) is 5.91 Å². The Balaban J connectivity index is 2.11. The third-order valence-electron chi connectivity index (χ3n) is 2.95. The number of nitriles is 1. The molecule has 3 heteroatoms. The molecule has 0 saturated heterocycles. The minimum absolute atomic E-state index is 0.0821. The van der Waals surface area contributed by atoms with E-state index in [2.05, 4.69) is 11.4 Å². The highest BCUT2D eigenvalue weighted by Gasteiger charge is 2.14. The minimum Gasteiger partial charge on any atom is -0.326 e. The van der Waals surface area contributed by atoms with Crippen molar-refractivity contribution >= 4 is 11.6 Å². The van der Waals surface area contributed by atoms with Crippen LogP contribution in [0.5, 0.6) is 0 Å². The van der Waals surface area contributed by atoms with Crippen molar-refractivity contribution in [3.05, 3.63) is 65.7 Å². The molecule has 0 aliphatic rings. The van der Waals surface area contributed by atoms with E-state index in [1.165, 1.54) is 0 Å². The molecule has 1 N–H and O–H groups in total. The van der Waals surface area contributed by atoms with Gasteiger partial charge < -0.3 is 5.32 Å². The van der Waals surface area contributed by atoms with Crippen LogP contribution in [0.4, 0.5) is 5.69 Å². The molecule has 1 atom stereocenters. The maximum absolute atomic E-state index is 12.1. The highest BCUT2D eigenvalue weighted by Crippen LogP contribution is 2.18. The summed E-state index contributed by atoms with van der Waals surface area (Å²) in [7, 11) is 0. The summed E-state index contributed by atoms with van der Waals surface area (Å²) in [6, 6.07) is 18.5. The first kappa shape index (κ1) is 12.8. The fourth-order valence-electron chi connectivity index (χ4n) is 1.81. The lowest BCUT2D eigenvalue weighted by molar-refractivity contribution is -0.117. The molecule has 0 saturated carbocycles. The largest absolute Gasteiger partial charge is 0.326 e. The third kappa shape index (κ3) is 3.20. The van der Waals surface area contributed by atoms with Gasteiger partial charge in [-0.3, -0.25) is 4.79 Å². The second-order valence-electron chi connectivity index (χ2n) is 4.31. The summed E-state index contributed by atoms with van der Waals surface area (Å²) in [5.41, 5.74) is 2.15. The van der Waals surface area contributed by atoms with E-state index in [0.29, 0.717) is 11.3 Å². The van der Waals surface area contributed by atoms with Gasteiger partial charge in [-0.2, -0.15) is 5.26 Å². The molecule has 1 amide bonds. The number of hydrogen-bond acceptors (Lipinski definition) is 2. The lowest BCUT2D eigenvalue weighted by Crippen LogP contribution is -2.18. The van der Waals surface area contributed by atoms with Gasteiger partial charge in [0.2, 0.25) is 5.91 Å². The molecule has 2 rings (SSSR count). The van der Waals surface area contributed by atoms with E-state index >= 15 is 0 Å². The molecule has 0 bridgehead atoms. The average molecular weight is 250 g/mol. The van der Waals surface area contributed by atoms with Crippen molar-refractivity contribution in [3.63, 3.8) is 0 Å². The lowest BCUT2D eigenvalue weighted by Gasteiger charge is -2.12. The van der Waals surface area contributed by atoms with E-state index < -0.39 is 0 Å². The first-order chi connectivity index (χ1) is 9.20. The number of hydrogen-bond donors (Lipinski definition) is 1. The lowest BCUT2D eigenvalue weighted by atomic mass is 10.0.